The van der Waals surface area contributed by atoms with Crippen LogP contribution < -0.4 is 0 Å². The first-order chi connectivity index (χ1) is 12.1. The number of nitrogens with zero attached hydrogens (tertiary/aromatic N) is 2. The van der Waals surface area contributed by atoms with Crippen molar-refractivity contribution in [2.75, 3.05) is 68.1 Å². The molecule has 3 rings (SSSR count). The normalized spacial score (nSPS) is 30.7. The van der Waals surface area contributed by atoms with E-state index >= 15 is 0 Å². The molecule has 0 aromatic heterocycles. The van der Waals surface area contributed by atoms with Crippen LogP contribution >= 0.6 is 0 Å². The molecule has 0 unspecified atom stereocenters. The number of hydrogen-bond donors (Lipinski definition) is 0. The van der Waals surface area contributed by atoms with E-state index in [1.165, 1.54) is 32.4 Å². The second-order valence-electron chi connectivity index (χ2n) is 9.91. The average Bonchev–Trinajstić information content (AvgIpc) is 2.46. The molecule has 0 aromatic carbocycles. The van der Waals surface area contributed by atoms with Crippen molar-refractivity contribution < 1.29 is 22.2 Å². The molecular formula is C20H44N2O3Si+2. The van der Waals surface area contributed by atoms with Crippen LogP contribution in [-0.4, -0.2) is 91.5 Å². The second kappa shape index (κ2) is 9.01. The first kappa shape index (κ1) is 22.3. The molecule has 0 radical (unpaired) electrons. The lowest BCUT2D eigenvalue weighted by Gasteiger charge is -2.50. The number of hydrogen-bond acceptors (Lipinski definition) is 3. The summed E-state index contributed by atoms with van der Waals surface area (Å²) in [5, 5.41) is 0. The molecule has 3 saturated heterocycles. The van der Waals surface area contributed by atoms with Crippen LogP contribution in [0.4, 0.5) is 0 Å². The Hall–Kier alpha value is 0.0169. The Morgan fingerprint density at radius 3 is 1.73 bits per heavy atom. The molecule has 154 valence electrons. The van der Waals surface area contributed by atoms with Crippen LogP contribution in [0.2, 0.25) is 6.04 Å². The summed E-state index contributed by atoms with van der Waals surface area (Å²) >= 11 is 0. The molecule has 26 heavy (non-hydrogen) atoms. The molecule has 0 atom stereocenters. The van der Waals surface area contributed by atoms with Crippen LogP contribution in [0.15, 0.2) is 0 Å². The van der Waals surface area contributed by atoms with Gasteiger partial charge >= 0.3 is 8.80 Å². The average molecular weight is 389 g/mol. The molecule has 3 heterocycles. The molecule has 6 heteroatoms. The van der Waals surface area contributed by atoms with Gasteiger partial charge in [0.15, 0.2) is 0 Å². The van der Waals surface area contributed by atoms with E-state index in [4.69, 9.17) is 13.3 Å². The summed E-state index contributed by atoms with van der Waals surface area (Å²) in [6, 6.07) is 0.972. The van der Waals surface area contributed by atoms with E-state index in [2.05, 4.69) is 42.2 Å². The summed E-state index contributed by atoms with van der Waals surface area (Å²) in [6.07, 6.45) is 8.45. The third-order valence-corrected chi connectivity index (χ3v) is 9.60. The van der Waals surface area contributed by atoms with Gasteiger partial charge < -0.3 is 22.2 Å². The van der Waals surface area contributed by atoms with Crippen molar-refractivity contribution in [1.82, 2.24) is 0 Å². The topological polar surface area (TPSA) is 27.7 Å². The summed E-state index contributed by atoms with van der Waals surface area (Å²) in [5.74, 6) is 0. The molecule has 0 aliphatic carbocycles. The molecule has 0 aromatic rings. The quantitative estimate of drug-likeness (QED) is 0.345. The third-order valence-electron chi connectivity index (χ3n) is 6.70. The van der Waals surface area contributed by atoms with Crippen molar-refractivity contribution in [3.63, 3.8) is 0 Å². The smallest absolute Gasteiger partial charge is 0.373 e. The van der Waals surface area contributed by atoms with Crippen LogP contribution in [0.25, 0.3) is 0 Å². The highest BCUT2D eigenvalue weighted by atomic mass is 28.4. The molecule has 0 saturated carbocycles. The molecule has 3 aliphatic rings. The molecular weight excluding hydrogens is 344 g/mol. The lowest BCUT2D eigenvalue weighted by molar-refractivity contribution is -0.926. The zero-order chi connectivity index (χ0) is 19.3. The van der Waals surface area contributed by atoms with E-state index in [1.807, 2.05) is 0 Å². The standard InChI is InChI=1S/C20H44N2O3Si/c1-7-8-9-14-22(5,6)15-10-19-26-23-16-11-20(12-17-24-26,13-18-25-26)21(2,3)4/h7-19H2,1-6H3/q+2. The van der Waals surface area contributed by atoms with E-state index in [1.54, 1.807) is 0 Å². The van der Waals surface area contributed by atoms with Gasteiger partial charge in [-0.15, -0.1) is 0 Å². The monoisotopic (exact) mass is 388 g/mol. The largest absolute Gasteiger partial charge is 0.501 e. The fourth-order valence-electron chi connectivity index (χ4n) is 4.54. The van der Waals surface area contributed by atoms with Gasteiger partial charge in [0.2, 0.25) is 0 Å². The number of rotatable bonds is 9. The van der Waals surface area contributed by atoms with Crippen LogP contribution in [-0.2, 0) is 13.3 Å². The van der Waals surface area contributed by atoms with Crippen molar-refractivity contribution in [3.05, 3.63) is 0 Å². The molecule has 2 bridgehead atoms. The van der Waals surface area contributed by atoms with Gasteiger partial charge in [0.05, 0.1) is 48.3 Å². The summed E-state index contributed by atoms with van der Waals surface area (Å²) in [7, 11) is 9.12. The van der Waals surface area contributed by atoms with E-state index in [0.29, 0.717) is 0 Å². The predicted octanol–water partition coefficient (Wildman–Crippen LogP) is 3.27. The Labute approximate surface area is 163 Å². The lowest BCUT2D eigenvalue weighted by atomic mass is 9.85. The number of unbranched alkanes of at least 4 members (excludes halogenated alkanes) is 2. The van der Waals surface area contributed by atoms with Gasteiger partial charge in [-0.05, 0) is 12.8 Å². The predicted molar refractivity (Wildman–Crippen MR) is 109 cm³/mol. The van der Waals surface area contributed by atoms with Crippen molar-refractivity contribution in [2.45, 2.75) is 63.5 Å². The molecule has 3 aliphatic heterocycles. The van der Waals surface area contributed by atoms with E-state index < -0.39 is 8.80 Å². The SMILES string of the molecule is CCCCC[N+](C)(C)CCC[Si]12OCCC([N+](C)(C)C)(CCO1)CCO2. The van der Waals surface area contributed by atoms with E-state index in [-0.39, 0.29) is 5.54 Å². The van der Waals surface area contributed by atoms with Crippen molar-refractivity contribution >= 4 is 8.80 Å². The molecule has 3 fully saturated rings. The van der Waals surface area contributed by atoms with Crippen LogP contribution in [0.3, 0.4) is 0 Å². The van der Waals surface area contributed by atoms with Gasteiger partial charge in [-0.1, -0.05) is 13.3 Å². The Kier molecular flexibility index (Phi) is 7.73. The summed E-state index contributed by atoms with van der Waals surface area (Å²) in [5.41, 5.74) is 0.221. The number of quaternary nitrogens is 2. The van der Waals surface area contributed by atoms with E-state index in [0.717, 1.165) is 60.5 Å². The van der Waals surface area contributed by atoms with Gasteiger partial charge in [-0.2, -0.15) is 0 Å². The maximum atomic E-state index is 6.35. The molecule has 0 amide bonds. The van der Waals surface area contributed by atoms with E-state index in [9.17, 15) is 0 Å². The second-order valence-corrected chi connectivity index (χ2v) is 12.6. The Morgan fingerprint density at radius 2 is 1.27 bits per heavy atom. The first-order valence-corrected chi connectivity index (χ1v) is 12.6. The fourth-order valence-corrected chi connectivity index (χ4v) is 7.05. The van der Waals surface area contributed by atoms with Gasteiger partial charge in [-0.3, -0.25) is 0 Å². The number of fused-ring (bicyclic) bond motifs is 6. The van der Waals surface area contributed by atoms with Gasteiger partial charge in [0.25, 0.3) is 0 Å². The van der Waals surface area contributed by atoms with Gasteiger partial charge in [0, 0.05) is 51.5 Å². The zero-order valence-corrected chi connectivity index (χ0v) is 19.3. The first-order valence-electron chi connectivity index (χ1n) is 10.7. The van der Waals surface area contributed by atoms with Crippen molar-refractivity contribution in [3.8, 4) is 0 Å². The van der Waals surface area contributed by atoms with Crippen LogP contribution in [0, 0.1) is 0 Å². The minimum atomic E-state index is -2.47. The zero-order valence-electron chi connectivity index (χ0n) is 18.3. The van der Waals surface area contributed by atoms with Gasteiger partial charge in [0.1, 0.15) is 5.54 Å². The molecule has 5 nitrogen and oxygen atoms in total. The minimum Gasteiger partial charge on any atom is -0.373 e. The maximum Gasteiger partial charge on any atom is 0.501 e. The van der Waals surface area contributed by atoms with Crippen molar-refractivity contribution in [2.24, 2.45) is 0 Å². The highest BCUT2D eigenvalue weighted by Crippen LogP contribution is 2.37. The third kappa shape index (κ3) is 5.76. The minimum absolute atomic E-state index is 0.221. The van der Waals surface area contributed by atoms with Gasteiger partial charge in [-0.25, -0.2) is 0 Å². The summed E-state index contributed by atoms with van der Waals surface area (Å²) in [4.78, 5) is 0. The van der Waals surface area contributed by atoms with Crippen LogP contribution in [0.5, 0.6) is 0 Å². The molecule has 0 N–H and O–H groups in total. The van der Waals surface area contributed by atoms with Crippen molar-refractivity contribution in [1.29, 1.82) is 0 Å². The highest BCUT2D eigenvalue weighted by molar-refractivity contribution is 6.60. The Morgan fingerprint density at radius 1 is 0.769 bits per heavy atom. The van der Waals surface area contributed by atoms with Crippen LogP contribution in [0.1, 0.15) is 51.9 Å². The Balaban J connectivity index is 1.89. The summed E-state index contributed by atoms with van der Waals surface area (Å²) in [6.45, 7) is 7.07. The Bertz CT molecular complexity index is 408. The highest BCUT2D eigenvalue weighted by Gasteiger charge is 2.51. The maximum absolute atomic E-state index is 6.35. The fraction of sp³-hybridized carbons (Fsp3) is 1.00. The lowest BCUT2D eigenvalue weighted by Crippen LogP contribution is -2.63. The summed E-state index contributed by atoms with van der Waals surface area (Å²) < 4.78 is 21.1. The molecule has 0 spiro atoms.